The van der Waals surface area contributed by atoms with Crippen LogP contribution in [0.1, 0.15) is 19.3 Å². The number of likely N-dealkylation sites (tertiary alicyclic amines) is 1. The molecule has 34 heavy (non-hydrogen) atoms. The molecule has 8 nitrogen and oxygen atoms in total. The van der Waals surface area contributed by atoms with Gasteiger partial charge in [0.1, 0.15) is 5.75 Å². The van der Waals surface area contributed by atoms with Crippen LogP contribution in [0, 0.1) is 5.92 Å². The number of halogens is 3. The van der Waals surface area contributed by atoms with Crippen molar-refractivity contribution in [2.24, 2.45) is 13.0 Å². The lowest BCUT2D eigenvalue weighted by atomic mass is 9.87. The summed E-state index contributed by atoms with van der Waals surface area (Å²) in [4.78, 5) is 6.32. The zero-order valence-corrected chi connectivity index (χ0v) is 20.0. The number of aryl methyl sites for hydroxylation is 1. The summed E-state index contributed by atoms with van der Waals surface area (Å²) < 4.78 is 72.1. The van der Waals surface area contributed by atoms with E-state index in [-0.39, 0.29) is 35.3 Å². The Balaban J connectivity index is 1.56. The highest BCUT2D eigenvalue weighted by atomic mass is 32.2. The number of benzene rings is 1. The number of imidazole rings is 1. The fourth-order valence-corrected chi connectivity index (χ4v) is 6.35. The number of aromatic nitrogens is 2. The third kappa shape index (κ3) is 5.66. The first-order valence-corrected chi connectivity index (χ1v) is 12.7. The molecule has 0 spiro atoms. The molecule has 2 aromatic rings. The highest BCUT2D eigenvalue weighted by Crippen LogP contribution is 2.34. The van der Waals surface area contributed by atoms with Crippen LogP contribution in [-0.4, -0.2) is 78.7 Å². The van der Waals surface area contributed by atoms with E-state index in [1.54, 1.807) is 23.7 Å². The van der Waals surface area contributed by atoms with Gasteiger partial charge in [-0.05, 0) is 38.6 Å². The summed E-state index contributed by atoms with van der Waals surface area (Å²) in [6.07, 6.45) is 1.66. The summed E-state index contributed by atoms with van der Waals surface area (Å²) in [6.45, 7) is 0.157. The van der Waals surface area contributed by atoms with Gasteiger partial charge in [0, 0.05) is 56.1 Å². The molecule has 1 aromatic carbocycles. The van der Waals surface area contributed by atoms with E-state index in [1.165, 1.54) is 29.0 Å². The molecule has 1 aromatic heterocycles. The average molecular weight is 502 g/mol. The van der Waals surface area contributed by atoms with Crippen LogP contribution in [0.5, 0.6) is 5.75 Å². The highest BCUT2D eigenvalue weighted by molar-refractivity contribution is 7.89. The summed E-state index contributed by atoms with van der Waals surface area (Å²) in [5.74, 6) is 0.105. The number of rotatable bonds is 7. The van der Waals surface area contributed by atoms with Crippen molar-refractivity contribution in [3.05, 3.63) is 36.8 Å². The lowest BCUT2D eigenvalue weighted by Crippen LogP contribution is -2.47. The van der Waals surface area contributed by atoms with Crippen LogP contribution >= 0.6 is 0 Å². The molecule has 0 bridgehead atoms. The Morgan fingerprint density at radius 2 is 2.00 bits per heavy atom. The molecular formula is C22H30F3N5O3S. The summed E-state index contributed by atoms with van der Waals surface area (Å²) in [6, 6.07) is 6.33. The van der Waals surface area contributed by atoms with Crippen molar-refractivity contribution in [3.63, 3.8) is 0 Å². The van der Waals surface area contributed by atoms with Crippen LogP contribution in [0.15, 0.2) is 41.8 Å². The number of sulfonamides is 1. The fourth-order valence-electron chi connectivity index (χ4n) is 4.88. The van der Waals surface area contributed by atoms with Crippen LogP contribution in [-0.2, 0) is 17.1 Å². The molecule has 0 aliphatic carbocycles. The SMILES string of the molecule is CN1CCCCC1C1CN(S(=O)(=O)c2cn(C)cn2)CC1Nc1cccc(OCC(F)(F)F)c1. The van der Waals surface area contributed by atoms with Gasteiger partial charge in [-0.25, -0.2) is 13.4 Å². The molecule has 4 rings (SSSR count). The molecular weight excluding hydrogens is 471 g/mol. The monoisotopic (exact) mass is 501 g/mol. The van der Waals surface area contributed by atoms with Gasteiger partial charge in [-0.1, -0.05) is 12.5 Å². The molecule has 0 saturated carbocycles. The molecule has 3 heterocycles. The van der Waals surface area contributed by atoms with E-state index in [4.69, 9.17) is 4.74 Å². The van der Waals surface area contributed by atoms with Crippen LogP contribution in [0.25, 0.3) is 0 Å². The second kappa shape index (κ2) is 9.74. The van der Waals surface area contributed by atoms with Crippen molar-refractivity contribution < 1.29 is 26.3 Å². The number of ether oxygens (including phenoxy) is 1. The molecule has 1 N–H and O–H groups in total. The van der Waals surface area contributed by atoms with Gasteiger partial charge in [0.2, 0.25) is 0 Å². The van der Waals surface area contributed by atoms with Gasteiger partial charge in [-0.15, -0.1) is 0 Å². The second-order valence-electron chi connectivity index (χ2n) is 9.09. The summed E-state index contributed by atoms with van der Waals surface area (Å²) in [5, 5.41) is 3.39. The number of piperidine rings is 1. The van der Waals surface area contributed by atoms with E-state index in [2.05, 4.69) is 22.2 Å². The maximum atomic E-state index is 13.3. The van der Waals surface area contributed by atoms with E-state index in [0.717, 1.165) is 25.8 Å². The zero-order valence-electron chi connectivity index (χ0n) is 19.2. The Morgan fingerprint density at radius 3 is 2.68 bits per heavy atom. The Bertz CT molecular complexity index is 1090. The molecule has 2 fully saturated rings. The summed E-state index contributed by atoms with van der Waals surface area (Å²) >= 11 is 0. The maximum Gasteiger partial charge on any atom is 0.422 e. The zero-order chi connectivity index (χ0) is 24.5. The lowest BCUT2D eigenvalue weighted by Gasteiger charge is -2.39. The minimum Gasteiger partial charge on any atom is -0.484 e. The second-order valence-corrected chi connectivity index (χ2v) is 11.0. The first kappa shape index (κ1) is 24.8. The molecule has 2 aliphatic heterocycles. The van der Waals surface area contributed by atoms with E-state index in [0.29, 0.717) is 12.2 Å². The maximum absolute atomic E-state index is 13.3. The van der Waals surface area contributed by atoms with Crippen LogP contribution in [0.3, 0.4) is 0 Å². The van der Waals surface area contributed by atoms with Crippen molar-refractivity contribution >= 4 is 15.7 Å². The molecule has 2 saturated heterocycles. The molecule has 3 unspecified atom stereocenters. The van der Waals surface area contributed by atoms with Gasteiger partial charge in [-0.2, -0.15) is 17.5 Å². The van der Waals surface area contributed by atoms with Crippen molar-refractivity contribution in [1.82, 2.24) is 18.8 Å². The highest BCUT2D eigenvalue weighted by Gasteiger charge is 2.45. The standard InChI is InChI=1S/C22H30F3N5O3S/c1-28-13-21(26-15-28)34(31,32)30-11-18(20-8-3-4-9-29(20)2)19(12-30)27-16-6-5-7-17(10-16)33-14-22(23,24)25/h5-7,10,13,15,18-20,27H,3-4,8-9,11-12,14H2,1-2H3. The van der Waals surface area contributed by atoms with E-state index >= 15 is 0 Å². The Hall–Kier alpha value is -2.31. The topological polar surface area (TPSA) is 79.7 Å². The van der Waals surface area contributed by atoms with E-state index < -0.39 is 22.8 Å². The van der Waals surface area contributed by atoms with Crippen LogP contribution in [0.4, 0.5) is 18.9 Å². The molecule has 0 radical (unpaired) electrons. The fraction of sp³-hybridized carbons (Fsp3) is 0.591. The van der Waals surface area contributed by atoms with E-state index in [1.807, 2.05) is 0 Å². The number of anilines is 1. The third-order valence-corrected chi connectivity index (χ3v) is 8.24. The molecule has 3 atom stereocenters. The van der Waals surface area contributed by atoms with Crippen molar-refractivity contribution in [2.45, 2.75) is 42.5 Å². The number of hydrogen-bond acceptors (Lipinski definition) is 6. The van der Waals surface area contributed by atoms with Gasteiger partial charge < -0.3 is 19.5 Å². The predicted molar refractivity (Wildman–Crippen MR) is 121 cm³/mol. The van der Waals surface area contributed by atoms with Gasteiger partial charge in [0.05, 0.1) is 6.33 Å². The Labute approximate surface area is 197 Å². The normalized spacial score (nSPS) is 24.9. The van der Waals surface area contributed by atoms with Gasteiger partial charge in [0.25, 0.3) is 10.0 Å². The van der Waals surface area contributed by atoms with E-state index in [9.17, 15) is 21.6 Å². The molecule has 188 valence electrons. The minimum absolute atomic E-state index is 0.00327. The lowest BCUT2D eigenvalue weighted by molar-refractivity contribution is -0.153. The summed E-state index contributed by atoms with van der Waals surface area (Å²) in [7, 11) is 0.00210. The predicted octanol–water partition coefficient (Wildman–Crippen LogP) is 2.95. The molecule has 0 amide bonds. The molecule has 2 aliphatic rings. The van der Waals surface area contributed by atoms with Crippen molar-refractivity contribution in [3.8, 4) is 5.75 Å². The van der Waals surface area contributed by atoms with Crippen molar-refractivity contribution in [1.29, 1.82) is 0 Å². The summed E-state index contributed by atoms with van der Waals surface area (Å²) in [5.41, 5.74) is 0.588. The first-order chi connectivity index (χ1) is 16.0. The third-order valence-electron chi connectivity index (χ3n) is 6.53. The minimum atomic E-state index is -4.42. The van der Waals surface area contributed by atoms with Gasteiger partial charge >= 0.3 is 6.18 Å². The largest absolute Gasteiger partial charge is 0.484 e. The number of hydrogen-bond donors (Lipinski definition) is 1. The Kier molecular flexibility index (Phi) is 7.11. The van der Waals surface area contributed by atoms with Gasteiger partial charge in [-0.3, -0.25) is 0 Å². The molecule has 12 heteroatoms. The first-order valence-electron chi connectivity index (χ1n) is 11.3. The number of alkyl halides is 3. The van der Waals surface area contributed by atoms with Gasteiger partial charge in [0.15, 0.2) is 11.6 Å². The number of nitrogens with zero attached hydrogens (tertiary/aromatic N) is 4. The smallest absolute Gasteiger partial charge is 0.422 e. The van der Waals surface area contributed by atoms with Crippen molar-refractivity contribution in [2.75, 3.05) is 38.6 Å². The van der Waals surface area contributed by atoms with Crippen LogP contribution < -0.4 is 10.1 Å². The average Bonchev–Trinajstić information content (AvgIpc) is 3.40. The Morgan fingerprint density at radius 1 is 1.21 bits per heavy atom. The quantitative estimate of drug-likeness (QED) is 0.629. The number of nitrogens with one attached hydrogen (secondary N) is 1. The van der Waals surface area contributed by atoms with Crippen LogP contribution in [0.2, 0.25) is 0 Å².